The van der Waals surface area contributed by atoms with Gasteiger partial charge in [0.25, 0.3) is 10.1 Å². The third kappa shape index (κ3) is 10.6. The van der Waals surface area contributed by atoms with Crippen LogP contribution in [-0.2, 0) is 35.6 Å². The van der Waals surface area contributed by atoms with Crippen LogP contribution in [0.25, 0.3) is 0 Å². The predicted octanol–water partition coefficient (Wildman–Crippen LogP) is 1.98. The Kier molecular flexibility index (Phi) is 9.22. The molecule has 0 aliphatic rings. The minimum absolute atomic E-state index is 0.0162. The zero-order valence-corrected chi connectivity index (χ0v) is 15.9. The normalized spacial score (nSPS) is 11.1. The first kappa shape index (κ1) is 20.8. The Morgan fingerprint density at radius 3 is 2.08 bits per heavy atom. The molecule has 0 unspecified atom stereocenters. The molecule has 0 saturated heterocycles. The molecule has 0 amide bonds. The fraction of sp³-hybridized carbons (Fsp3) is 0.467. The number of esters is 2. The fourth-order valence-corrected chi connectivity index (χ4v) is 2.37. The van der Waals surface area contributed by atoms with Crippen molar-refractivity contribution in [1.29, 1.82) is 0 Å². The Morgan fingerprint density at radius 2 is 1.54 bits per heavy atom. The van der Waals surface area contributed by atoms with Crippen molar-refractivity contribution >= 4 is 44.6 Å². The van der Waals surface area contributed by atoms with Crippen molar-refractivity contribution < 1.29 is 32.0 Å². The lowest BCUT2D eigenvalue weighted by atomic mass is 10.2. The fourth-order valence-electron chi connectivity index (χ4n) is 1.72. The first-order chi connectivity index (χ1) is 11.3. The summed E-state index contributed by atoms with van der Waals surface area (Å²) in [5.74, 6) is -1.66. The van der Waals surface area contributed by atoms with Gasteiger partial charge in [-0.05, 0) is 46.7 Å². The summed E-state index contributed by atoms with van der Waals surface area (Å²) in [6, 6.07) is 7.90. The first-order valence-corrected chi connectivity index (χ1v) is 9.96. The molecule has 0 radical (unpaired) electrons. The van der Waals surface area contributed by atoms with Gasteiger partial charge in [-0.25, -0.2) is 0 Å². The molecule has 0 aliphatic heterocycles. The Morgan fingerprint density at radius 1 is 1.00 bits per heavy atom. The van der Waals surface area contributed by atoms with Crippen LogP contribution in [0.3, 0.4) is 0 Å². The summed E-state index contributed by atoms with van der Waals surface area (Å²) >= 11 is 2.21. The Labute approximate surface area is 154 Å². The Balaban J connectivity index is 2.09. The molecule has 0 atom stereocenters. The van der Waals surface area contributed by atoms with E-state index in [2.05, 4.69) is 27.3 Å². The maximum absolute atomic E-state index is 11.5. The van der Waals surface area contributed by atoms with Crippen LogP contribution in [0.4, 0.5) is 0 Å². The summed E-state index contributed by atoms with van der Waals surface area (Å²) < 4.78 is 40.2. The van der Waals surface area contributed by atoms with E-state index in [4.69, 9.17) is 9.29 Å². The number of ether oxygens (including phenoxy) is 2. The van der Waals surface area contributed by atoms with E-state index in [1.165, 1.54) is 0 Å². The maximum atomic E-state index is 11.5. The molecule has 0 spiro atoms. The number of halogens is 1. The molecule has 1 aromatic rings. The van der Waals surface area contributed by atoms with Crippen LogP contribution in [0.1, 0.15) is 24.8 Å². The monoisotopic (exact) mass is 470 g/mol. The smallest absolute Gasteiger partial charge is 0.305 e. The lowest BCUT2D eigenvalue weighted by Gasteiger charge is -2.06. The van der Waals surface area contributed by atoms with Crippen molar-refractivity contribution in [3.63, 3.8) is 0 Å². The van der Waals surface area contributed by atoms with Gasteiger partial charge in [-0.15, -0.1) is 0 Å². The van der Waals surface area contributed by atoms with Crippen molar-refractivity contribution in [1.82, 2.24) is 0 Å². The first-order valence-electron chi connectivity index (χ1n) is 7.27. The van der Waals surface area contributed by atoms with Gasteiger partial charge in [0.05, 0.1) is 6.61 Å². The van der Waals surface area contributed by atoms with Gasteiger partial charge in [0, 0.05) is 22.8 Å². The Bertz CT molecular complexity index is 640. The van der Waals surface area contributed by atoms with Crippen LogP contribution >= 0.6 is 22.6 Å². The lowest BCUT2D eigenvalue weighted by Crippen LogP contribution is -2.15. The van der Waals surface area contributed by atoms with Gasteiger partial charge in [-0.2, -0.15) is 8.42 Å². The minimum Gasteiger partial charge on any atom is -0.465 e. The molecule has 134 valence electrons. The summed E-state index contributed by atoms with van der Waals surface area (Å²) in [4.78, 5) is 22.8. The average Bonchev–Trinajstić information content (AvgIpc) is 2.48. The van der Waals surface area contributed by atoms with Gasteiger partial charge in [0.2, 0.25) is 0 Å². The molecule has 1 rings (SSSR count). The molecule has 0 aliphatic carbocycles. The van der Waals surface area contributed by atoms with Crippen molar-refractivity contribution in [2.75, 3.05) is 19.0 Å². The number of carbonyl (C=O) groups is 2. The van der Waals surface area contributed by atoms with Crippen LogP contribution < -0.4 is 0 Å². The van der Waals surface area contributed by atoms with Crippen molar-refractivity contribution in [3.05, 3.63) is 33.4 Å². The third-order valence-corrected chi connectivity index (χ3v) is 4.33. The molecule has 1 N–H and O–H groups in total. The summed E-state index contributed by atoms with van der Waals surface area (Å²) in [6.45, 7) is -0.129. The van der Waals surface area contributed by atoms with Gasteiger partial charge in [0.15, 0.2) is 0 Å². The van der Waals surface area contributed by atoms with Crippen LogP contribution in [0.2, 0.25) is 0 Å². The van der Waals surface area contributed by atoms with Crippen molar-refractivity contribution in [3.8, 4) is 0 Å². The average molecular weight is 470 g/mol. The zero-order chi connectivity index (χ0) is 18.0. The van der Waals surface area contributed by atoms with Crippen molar-refractivity contribution in [2.45, 2.75) is 25.7 Å². The van der Waals surface area contributed by atoms with E-state index in [0.717, 1.165) is 9.13 Å². The lowest BCUT2D eigenvalue weighted by molar-refractivity contribution is -0.145. The molecule has 24 heavy (non-hydrogen) atoms. The molecule has 0 bridgehead atoms. The zero-order valence-electron chi connectivity index (χ0n) is 12.9. The second kappa shape index (κ2) is 10.6. The highest BCUT2D eigenvalue weighted by atomic mass is 127. The highest BCUT2D eigenvalue weighted by molar-refractivity contribution is 14.1. The summed E-state index contributed by atoms with van der Waals surface area (Å²) in [5.41, 5.74) is 1.07. The quantitative estimate of drug-likeness (QED) is 0.317. The predicted molar refractivity (Wildman–Crippen MR) is 95.0 cm³/mol. The van der Waals surface area contributed by atoms with E-state index in [1.54, 1.807) is 0 Å². The van der Waals surface area contributed by atoms with Gasteiger partial charge >= 0.3 is 11.9 Å². The van der Waals surface area contributed by atoms with E-state index >= 15 is 0 Å². The van der Waals surface area contributed by atoms with Gasteiger partial charge < -0.3 is 9.47 Å². The summed E-state index contributed by atoms with van der Waals surface area (Å²) in [5, 5.41) is 0. The van der Waals surface area contributed by atoms with E-state index < -0.39 is 34.4 Å². The highest BCUT2D eigenvalue weighted by Gasteiger charge is 2.10. The molecular formula is C15H19IO7S. The molecule has 7 nitrogen and oxygen atoms in total. The number of carbonyl (C=O) groups excluding carboxylic acids is 2. The molecule has 9 heteroatoms. The van der Waals surface area contributed by atoms with Crippen molar-refractivity contribution in [2.24, 2.45) is 0 Å². The molecule has 0 saturated carbocycles. The number of benzene rings is 1. The molecule has 1 aromatic carbocycles. The van der Waals surface area contributed by atoms with E-state index in [-0.39, 0.29) is 25.9 Å². The van der Waals surface area contributed by atoms with Crippen LogP contribution in [0.5, 0.6) is 0 Å². The van der Waals surface area contributed by atoms with Crippen LogP contribution in [0, 0.1) is 3.57 Å². The van der Waals surface area contributed by atoms with E-state index in [1.807, 2.05) is 24.3 Å². The number of hydrogen-bond acceptors (Lipinski definition) is 6. The highest BCUT2D eigenvalue weighted by Crippen LogP contribution is 2.08. The molecule has 0 heterocycles. The van der Waals surface area contributed by atoms with Gasteiger partial charge in [-0.3, -0.25) is 14.1 Å². The molecular weight excluding hydrogens is 451 g/mol. The largest absolute Gasteiger partial charge is 0.465 e. The van der Waals surface area contributed by atoms with Gasteiger partial charge in [-0.1, -0.05) is 12.1 Å². The second-order valence-corrected chi connectivity index (χ2v) is 7.77. The molecule has 0 aromatic heterocycles. The third-order valence-electron chi connectivity index (χ3n) is 2.93. The van der Waals surface area contributed by atoms with Crippen LogP contribution in [-0.4, -0.2) is 43.9 Å². The summed E-state index contributed by atoms with van der Waals surface area (Å²) in [7, 11) is -4.14. The summed E-state index contributed by atoms with van der Waals surface area (Å²) in [6.07, 6.45) is 0.950. The van der Waals surface area contributed by atoms with Crippen LogP contribution in [0.15, 0.2) is 24.3 Å². The number of hydrogen-bond donors (Lipinski definition) is 1. The van der Waals surface area contributed by atoms with E-state index in [0.29, 0.717) is 6.42 Å². The standard InChI is InChI=1S/C15H19IO7S/c16-13-6-4-12(5-7-13)8-9-22-14(17)2-1-3-15(18)23-10-11-24(19,20)21/h4-7H,1-3,8-11H2,(H,19,20,21). The molecule has 0 fully saturated rings. The number of rotatable bonds is 10. The van der Waals surface area contributed by atoms with E-state index in [9.17, 15) is 18.0 Å². The second-order valence-electron chi connectivity index (χ2n) is 4.96. The maximum Gasteiger partial charge on any atom is 0.305 e. The Hall–Kier alpha value is -1.20. The SMILES string of the molecule is O=C(CCCC(=O)OCCS(=O)(=O)O)OCCc1ccc(I)cc1. The topological polar surface area (TPSA) is 107 Å². The van der Waals surface area contributed by atoms with Gasteiger partial charge in [0.1, 0.15) is 12.4 Å². The minimum atomic E-state index is -4.14.